The van der Waals surface area contributed by atoms with Gasteiger partial charge in [0, 0.05) is 18.8 Å². The molecule has 0 spiro atoms. The highest BCUT2D eigenvalue weighted by molar-refractivity contribution is 5.76. The molecule has 0 unspecified atom stereocenters. The Bertz CT molecular complexity index is 463. The Balaban J connectivity index is 2.20. The fourth-order valence-corrected chi connectivity index (χ4v) is 2.12. The minimum absolute atomic E-state index is 0.529. The van der Waals surface area contributed by atoms with Gasteiger partial charge in [0.05, 0.1) is 0 Å². The average molecular weight is 240 g/mol. The molecule has 1 aliphatic carbocycles. The van der Waals surface area contributed by atoms with Crippen molar-refractivity contribution >= 4 is 11.3 Å². The molecular weight excluding hydrogens is 218 g/mol. The second-order valence-electron chi connectivity index (χ2n) is 5.24. The molecule has 1 heteroatoms. The third-order valence-corrected chi connectivity index (χ3v) is 3.54. The van der Waals surface area contributed by atoms with E-state index < -0.39 is 0 Å². The summed E-state index contributed by atoms with van der Waals surface area (Å²) >= 11 is 0. The normalized spacial score (nSPS) is 15.4. The number of rotatable bonds is 3. The summed E-state index contributed by atoms with van der Waals surface area (Å²) in [5.74, 6) is 0. The van der Waals surface area contributed by atoms with Crippen LogP contribution in [0.4, 0.5) is 5.69 Å². The first kappa shape index (κ1) is 12.9. The van der Waals surface area contributed by atoms with E-state index in [-0.39, 0.29) is 0 Å². The molecule has 95 valence electrons. The van der Waals surface area contributed by atoms with Crippen LogP contribution >= 0.6 is 0 Å². The van der Waals surface area contributed by atoms with Gasteiger partial charge in [0.1, 0.15) is 0 Å². The molecule has 0 saturated heterocycles. The zero-order valence-corrected chi connectivity index (χ0v) is 11.8. The first-order valence-electron chi connectivity index (χ1n) is 6.63. The van der Waals surface area contributed by atoms with Crippen molar-refractivity contribution in [3.8, 4) is 0 Å². The quantitative estimate of drug-likeness (QED) is 0.753. The highest BCUT2D eigenvalue weighted by atomic mass is 15.1. The molecule has 1 aromatic carbocycles. The fourth-order valence-electron chi connectivity index (χ4n) is 2.12. The Morgan fingerprint density at radius 1 is 1.11 bits per heavy atom. The first-order chi connectivity index (χ1) is 8.58. The predicted molar refractivity (Wildman–Crippen MR) is 80.6 cm³/mol. The Hall–Kier alpha value is -1.50. The minimum atomic E-state index is 0.529. The predicted octanol–water partition coefficient (Wildman–Crippen LogP) is 4.47. The maximum atomic E-state index is 2.29. The number of hydrogen-bond donors (Lipinski definition) is 0. The van der Waals surface area contributed by atoms with Gasteiger partial charge in [-0.2, -0.15) is 0 Å². The van der Waals surface area contributed by atoms with Crippen LogP contribution in [0.1, 0.15) is 32.8 Å². The Labute approximate surface area is 111 Å². The van der Waals surface area contributed by atoms with Crippen molar-refractivity contribution < 1.29 is 0 Å². The van der Waals surface area contributed by atoms with Gasteiger partial charge in [-0.15, -0.1) is 0 Å². The van der Waals surface area contributed by atoms with Crippen molar-refractivity contribution in [1.29, 1.82) is 0 Å². The summed E-state index contributed by atoms with van der Waals surface area (Å²) in [5, 5.41) is 0. The molecule has 1 aromatic rings. The van der Waals surface area contributed by atoms with Gasteiger partial charge in [0.15, 0.2) is 0 Å². The molecule has 18 heavy (non-hydrogen) atoms. The van der Waals surface area contributed by atoms with Crippen LogP contribution < -0.4 is 4.90 Å². The molecule has 0 atom stereocenters. The van der Waals surface area contributed by atoms with Crippen LogP contribution in [0.2, 0.25) is 0 Å². The van der Waals surface area contributed by atoms with Gasteiger partial charge >= 0.3 is 0 Å². The second-order valence-corrected chi connectivity index (χ2v) is 5.24. The van der Waals surface area contributed by atoms with Crippen LogP contribution in [0.15, 0.2) is 42.0 Å². The molecule has 0 heterocycles. The summed E-state index contributed by atoms with van der Waals surface area (Å²) in [5.41, 5.74) is 5.28. The van der Waals surface area contributed by atoms with Gasteiger partial charge < -0.3 is 4.90 Å². The van der Waals surface area contributed by atoms with E-state index in [0.29, 0.717) is 6.04 Å². The van der Waals surface area contributed by atoms with Crippen molar-refractivity contribution in [3.05, 3.63) is 54.0 Å². The van der Waals surface area contributed by atoms with E-state index >= 15 is 0 Å². The molecule has 0 saturated carbocycles. The van der Waals surface area contributed by atoms with E-state index in [1.807, 2.05) is 0 Å². The number of anilines is 1. The van der Waals surface area contributed by atoms with Gasteiger partial charge in [0.2, 0.25) is 0 Å². The maximum absolute atomic E-state index is 2.29. The monoisotopic (exact) mass is 240 g/mol. The largest absolute Gasteiger partial charge is 0.372 e. The molecule has 0 N–H and O–H groups in total. The highest BCUT2D eigenvalue weighted by Crippen LogP contribution is 2.27. The van der Waals surface area contributed by atoms with Gasteiger partial charge in [-0.05, 0) is 56.9 Å². The van der Waals surface area contributed by atoms with Crippen LogP contribution in [0.5, 0.6) is 0 Å². The van der Waals surface area contributed by atoms with Crippen LogP contribution in [0, 0.1) is 6.42 Å². The standard InChI is InChI=1S/C17H22N/c1-13(2)18(4)17-10-8-15(9-11-17)16-7-5-6-14(3)12-16/h6-13H,5H2,1-4H3. The maximum Gasteiger partial charge on any atom is 0.0366 e. The third-order valence-electron chi connectivity index (χ3n) is 3.54. The highest BCUT2D eigenvalue weighted by Gasteiger charge is 2.08. The molecule has 0 amide bonds. The zero-order valence-electron chi connectivity index (χ0n) is 11.8. The van der Waals surface area contributed by atoms with Crippen LogP contribution in [-0.2, 0) is 0 Å². The van der Waals surface area contributed by atoms with Gasteiger partial charge in [-0.25, -0.2) is 0 Å². The number of nitrogens with zero attached hydrogens (tertiary/aromatic N) is 1. The third kappa shape index (κ3) is 2.84. The summed E-state index contributed by atoms with van der Waals surface area (Å²) in [7, 11) is 2.14. The van der Waals surface area contributed by atoms with E-state index in [4.69, 9.17) is 0 Å². The lowest BCUT2D eigenvalue weighted by Crippen LogP contribution is -2.25. The number of benzene rings is 1. The fraction of sp³-hybridized carbons (Fsp3) is 0.353. The molecule has 1 radical (unpaired) electrons. The van der Waals surface area contributed by atoms with Gasteiger partial charge in [-0.3, -0.25) is 0 Å². The SMILES string of the molecule is CC1=CC[CH]C(c2ccc(N(C)C(C)C)cc2)=C1. The molecule has 2 rings (SSSR count). The van der Waals surface area contributed by atoms with Crippen molar-refractivity contribution in [2.24, 2.45) is 0 Å². The van der Waals surface area contributed by atoms with Crippen molar-refractivity contribution in [3.63, 3.8) is 0 Å². The van der Waals surface area contributed by atoms with E-state index in [0.717, 1.165) is 6.42 Å². The molecule has 0 bridgehead atoms. The smallest absolute Gasteiger partial charge is 0.0366 e. The van der Waals surface area contributed by atoms with E-state index in [2.05, 4.69) is 75.6 Å². The Morgan fingerprint density at radius 2 is 1.78 bits per heavy atom. The minimum Gasteiger partial charge on any atom is -0.372 e. The molecule has 0 fully saturated rings. The second kappa shape index (κ2) is 5.43. The van der Waals surface area contributed by atoms with Crippen molar-refractivity contribution in [1.82, 2.24) is 0 Å². The molecule has 1 aliphatic rings. The summed E-state index contributed by atoms with van der Waals surface area (Å²) in [6.07, 6.45) is 7.84. The number of allylic oxidation sites excluding steroid dienone is 4. The molecule has 1 nitrogen and oxygen atoms in total. The molecule has 0 aliphatic heterocycles. The summed E-state index contributed by atoms with van der Waals surface area (Å²) in [6, 6.07) is 9.38. The first-order valence-corrected chi connectivity index (χ1v) is 6.63. The van der Waals surface area contributed by atoms with Crippen molar-refractivity contribution in [2.45, 2.75) is 33.2 Å². The lowest BCUT2D eigenvalue weighted by atomic mass is 9.94. The number of hydrogen-bond acceptors (Lipinski definition) is 1. The average Bonchev–Trinajstić information content (AvgIpc) is 2.38. The summed E-state index contributed by atoms with van der Waals surface area (Å²) < 4.78 is 0. The van der Waals surface area contributed by atoms with E-state index in [9.17, 15) is 0 Å². The molecule has 0 aromatic heterocycles. The van der Waals surface area contributed by atoms with E-state index in [1.54, 1.807) is 0 Å². The lowest BCUT2D eigenvalue weighted by molar-refractivity contribution is 0.755. The molecular formula is C17H22N. The Kier molecular flexibility index (Phi) is 3.90. The van der Waals surface area contributed by atoms with Crippen LogP contribution in [0.25, 0.3) is 5.57 Å². The summed E-state index contributed by atoms with van der Waals surface area (Å²) in [4.78, 5) is 2.29. The van der Waals surface area contributed by atoms with Crippen LogP contribution in [0.3, 0.4) is 0 Å². The lowest BCUT2D eigenvalue weighted by Gasteiger charge is -2.24. The Morgan fingerprint density at radius 3 is 2.33 bits per heavy atom. The van der Waals surface area contributed by atoms with Gasteiger partial charge in [-0.1, -0.05) is 29.9 Å². The van der Waals surface area contributed by atoms with Crippen LogP contribution in [-0.4, -0.2) is 13.1 Å². The van der Waals surface area contributed by atoms with E-state index in [1.165, 1.54) is 22.4 Å². The summed E-state index contributed by atoms with van der Waals surface area (Å²) in [6.45, 7) is 6.58. The van der Waals surface area contributed by atoms with Crippen molar-refractivity contribution in [2.75, 3.05) is 11.9 Å². The topological polar surface area (TPSA) is 3.24 Å². The van der Waals surface area contributed by atoms with Gasteiger partial charge in [0.25, 0.3) is 0 Å². The zero-order chi connectivity index (χ0) is 13.1.